The van der Waals surface area contributed by atoms with Crippen molar-refractivity contribution in [3.63, 3.8) is 0 Å². The van der Waals surface area contributed by atoms with Crippen molar-refractivity contribution in [1.29, 1.82) is 0 Å². The summed E-state index contributed by atoms with van der Waals surface area (Å²) < 4.78 is 0. The molecule has 0 atom stereocenters. The number of hydrogen-bond acceptors (Lipinski definition) is 3. The van der Waals surface area contributed by atoms with Crippen molar-refractivity contribution in [2.75, 3.05) is 36.2 Å². The minimum absolute atomic E-state index is 0.716. The lowest BCUT2D eigenvalue weighted by Crippen LogP contribution is -2.21. The van der Waals surface area contributed by atoms with Gasteiger partial charge in [0.2, 0.25) is 0 Å². The fraction of sp³-hybridized carbons (Fsp3) is 0.400. The lowest BCUT2D eigenvalue weighted by Gasteiger charge is -2.21. The Balaban J connectivity index is 2.82. The smallest absolute Gasteiger partial charge is 0.0786 e. The van der Waals surface area contributed by atoms with Gasteiger partial charge in [-0.1, -0.05) is 17.7 Å². The molecule has 0 unspecified atom stereocenters. The molecule has 0 aromatic heterocycles. The molecule has 0 aliphatic carbocycles. The zero-order valence-electron chi connectivity index (χ0n) is 8.46. The predicted octanol–water partition coefficient (Wildman–Crippen LogP) is 2.72. The Morgan fingerprint density at radius 2 is 2.21 bits per heavy atom. The lowest BCUT2D eigenvalue weighted by atomic mass is 10.2. The molecular weight excluding hydrogens is 216 g/mol. The van der Waals surface area contributed by atoms with E-state index in [0.29, 0.717) is 5.02 Å². The summed E-state index contributed by atoms with van der Waals surface area (Å²) in [5.74, 6) is 1.07. The Kier molecular flexibility index (Phi) is 4.42. The van der Waals surface area contributed by atoms with Crippen molar-refractivity contribution in [2.45, 2.75) is 0 Å². The van der Waals surface area contributed by atoms with Crippen LogP contribution in [-0.2, 0) is 0 Å². The molecule has 0 saturated carbocycles. The number of rotatable bonds is 4. The van der Waals surface area contributed by atoms with E-state index in [1.807, 2.05) is 37.0 Å². The Bertz CT molecular complexity index is 284. The monoisotopic (exact) mass is 230 g/mol. The number of halogens is 1. The normalized spacial score (nSPS) is 10.2. The van der Waals surface area contributed by atoms with Crippen LogP contribution in [0, 0.1) is 0 Å². The summed E-state index contributed by atoms with van der Waals surface area (Å²) in [6.45, 7) is 0.953. The lowest BCUT2D eigenvalue weighted by molar-refractivity contribution is 0.980. The predicted molar refractivity (Wildman–Crippen MR) is 67.5 cm³/mol. The van der Waals surface area contributed by atoms with Gasteiger partial charge in [-0.05, 0) is 18.4 Å². The van der Waals surface area contributed by atoms with Crippen LogP contribution in [0.25, 0.3) is 0 Å². The van der Waals surface area contributed by atoms with Crippen LogP contribution in [0.4, 0.5) is 11.4 Å². The van der Waals surface area contributed by atoms with Crippen LogP contribution in [0.3, 0.4) is 0 Å². The van der Waals surface area contributed by atoms with Crippen LogP contribution in [0.5, 0.6) is 0 Å². The molecule has 0 heterocycles. The summed E-state index contributed by atoms with van der Waals surface area (Å²) in [4.78, 5) is 2.09. The quantitative estimate of drug-likeness (QED) is 0.807. The highest BCUT2D eigenvalue weighted by molar-refractivity contribution is 7.98. The second kappa shape index (κ2) is 5.37. The van der Waals surface area contributed by atoms with Gasteiger partial charge in [0.05, 0.1) is 16.4 Å². The van der Waals surface area contributed by atoms with Gasteiger partial charge in [-0.15, -0.1) is 0 Å². The van der Waals surface area contributed by atoms with Crippen LogP contribution >= 0.6 is 23.4 Å². The van der Waals surface area contributed by atoms with E-state index in [0.717, 1.165) is 23.7 Å². The zero-order chi connectivity index (χ0) is 10.6. The van der Waals surface area contributed by atoms with Gasteiger partial charge in [-0.3, -0.25) is 0 Å². The largest absolute Gasteiger partial charge is 0.397 e. The van der Waals surface area contributed by atoms with Crippen LogP contribution < -0.4 is 10.6 Å². The van der Waals surface area contributed by atoms with E-state index >= 15 is 0 Å². The van der Waals surface area contributed by atoms with Crippen molar-refractivity contribution >= 4 is 34.7 Å². The summed E-state index contributed by atoms with van der Waals surface area (Å²) in [5.41, 5.74) is 7.53. The minimum atomic E-state index is 0.716. The van der Waals surface area contributed by atoms with Crippen molar-refractivity contribution in [3.8, 4) is 0 Å². The molecule has 14 heavy (non-hydrogen) atoms. The van der Waals surface area contributed by atoms with E-state index in [-0.39, 0.29) is 0 Å². The highest BCUT2D eigenvalue weighted by atomic mass is 35.5. The van der Waals surface area contributed by atoms with Gasteiger partial charge in [0.25, 0.3) is 0 Å². The van der Waals surface area contributed by atoms with E-state index in [2.05, 4.69) is 11.2 Å². The van der Waals surface area contributed by atoms with Gasteiger partial charge in [0, 0.05) is 19.3 Å². The molecule has 0 aliphatic heterocycles. The van der Waals surface area contributed by atoms with E-state index < -0.39 is 0 Å². The molecule has 0 amide bonds. The third-order valence-corrected chi connectivity index (χ3v) is 2.93. The second-order valence-electron chi connectivity index (χ2n) is 3.09. The van der Waals surface area contributed by atoms with E-state index in [9.17, 15) is 0 Å². The van der Waals surface area contributed by atoms with Crippen molar-refractivity contribution in [1.82, 2.24) is 0 Å². The molecule has 2 N–H and O–H groups in total. The number of benzene rings is 1. The maximum absolute atomic E-state index is 6.07. The number of thioether (sulfide) groups is 1. The molecule has 0 radical (unpaired) electrons. The first-order chi connectivity index (χ1) is 6.66. The maximum Gasteiger partial charge on any atom is 0.0786 e. The second-order valence-corrected chi connectivity index (χ2v) is 4.48. The SMILES string of the molecule is CSCCN(C)c1c(N)cccc1Cl. The van der Waals surface area contributed by atoms with Gasteiger partial charge >= 0.3 is 0 Å². The van der Waals surface area contributed by atoms with Gasteiger partial charge in [-0.25, -0.2) is 0 Å². The topological polar surface area (TPSA) is 29.3 Å². The molecular formula is C10H15ClN2S. The van der Waals surface area contributed by atoms with Gasteiger partial charge in [0.1, 0.15) is 0 Å². The summed E-state index contributed by atoms with van der Waals surface area (Å²) in [6.07, 6.45) is 2.09. The summed E-state index contributed by atoms with van der Waals surface area (Å²) >= 11 is 7.89. The number of hydrogen-bond donors (Lipinski definition) is 1. The Morgan fingerprint density at radius 3 is 2.79 bits per heavy atom. The van der Waals surface area contributed by atoms with Gasteiger partial charge in [-0.2, -0.15) is 11.8 Å². The molecule has 0 fully saturated rings. The number of anilines is 2. The highest BCUT2D eigenvalue weighted by Gasteiger charge is 2.08. The third-order valence-electron chi connectivity index (χ3n) is 2.03. The Hall–Kier alpha value is -0.540. The molecule has 1 aromatic rings. The molecule has 1 rings (SSSR count). The molecule has 2 nitrogen and oxygen atoms in total. The standard InChI is InChI=1S/C10H15ClN2S/c1-13(6-7-14-2)10-8(11)4-3-5-9(10)12/h3-5H,6-7,12H2,1-2H3. The molecule has 0 spiro atoms. The van der Waals surface area contributed by atoms with Crippen molar-refractivity contribution in [3.05, 3.63) is 23.2 Å². The average molecular weight is 231 g/mol. The molecule has 0 bridgehead atoms. The van der Waals surface area contributed by atoms with Crippen LogP contribution in [-0.4, -0.2) is 25.6 Å². The Morgan fingerprint density at radius 1 is 1.50 bits per heavy atom. The number of para-hydroxylation sites is 1. The van der Waals surface area contributed by atoms with Crippen molar-refractivity contribution in [2.24, 2.45) is 0 Å². The highest BCUT2D eigenvalue weighted by Crippen LogP contribution is 2.30. The van der Waals surface area contributed by atoms with E-state index in [1.54, 1.807) is 0 Å². The van der Waals surface area contributed by atoms with Crippen molar-refractivity contribution < 1.29 is 0 Å². The van der Waals surface area contributed by atoms with Crippen LogP contribution in [0.2, 0.25) is 5.02 Å². The maximum atomic E-state index is 6.07. The van der Waals surface area contributed by atoms with Gasteiger partial charge in [0.15, 0.2) is 0 Å². The van der Waals surface area contributed by atoms with E-state index in [4.69, 9.17) is 17.3 Å². The fourth-order valence-electron chi connectivity index (χ4n) is 1.27. The van der Waals surface area contributed by atoms with Crippen LogP contribution in [0.15, 0.2) is 18.2 Å². The number of nitrogens with zero attached hydrogens (tertiary/aromatic N) is 1. The van der Waals surface area contributed by atoms with E-state index in [1.165, 1.54) is 0 Å². The molecule has 78 valence electrons. The molecule has 4 heteroatoms. The first-order valence-electron chi connectivity index (χ1n) is 4.41. The molecule has 0 aliphatic rings. The number of nitrogens with two attached hydrogens (primary N) is 1. The minimum Gasteiger partial charge on any atom is -0.397 e. The first-order valence-corrected chi connectivity index (χ1v) is 6.18. The fourth-order valence-corrected chi connectivity index (χ4v) is 2.06. The summed E-state index contributed by atoms with van der Waals surface area (Å²) in [7, 11) is 2.01. The average Bonchev–Trinajstić information content (AvgIpc) is 2.14. The first kappa shape index (κ1) is 11.5. The molecule has 1 aromatic carbocycles. The summed E-state index contributed by atoms with van der Waals surface area (Å²) in [6, 6.07) is 5.60. The molecule has 0 saturated heterocycles. The Labute approximate surface area is 94.4 Å². The number of nitrogen functional groups attached to an aromatic ring is 1. The summed E-state index contributed by atoms with van der Waals surface area (Å²) in [5, 5.41) is 0.716. The third kappa shape index (κ3) is 2.72. The van der Waals surface area contributed by atoms with Crippen LogP contribution in [0.1, 0.15) is 0 Å². The zero-order valence-corrected chi connectivity index (χ0v) is 10.0. The van der Waals surface area contributed by atoms with Gasteiger partial charge < -0.3 is 10.6 Å².